The molecule has 144 valence electrons. The van der Waals surface area contributed by atoms with Gasteiger partial charge in [0, 0.05) is 11.0 Å². The first kappa shape index (κ1) is 18.7. The third-order valence-electron chi connectivity index (χ3n) is 6.95. The van der Waals surface area contributed by atoms with E-state index in [0.717, 1.165) is 38.5 Å². The van der Waals surface area contributed by atoms with Crippen LogP contribution in [-0.2, 0) is 0 Å². The molecule has 2 aromatic rings. The molecule has 3 heteroatoms. The summed E-state index contributed by atoms with van der Waals surface area (Å²) in [5, 5.41) is 24.7. The molecule has 0 aliphatic heterocycles. The Hall–Kier alpha value is -1.68. The van der Waals surface area contributed by atoms with Gasteiger partial charge in [-0.15, -0.1) is 0 Å². The predicted molar refractivity (Wildman–Crippen MR) is 108 cm³/mol. The Morgan fingerprint density at radius 3 is 1.78 bits per heavy atom. The van der Waals surface area contributed by atoms with E-state index in [1.54, 1.807) is 0 Å². The van der Waals surface area contributed by atoms with Crippen LogP contribution in [0, 0.1) is 5.41 Å². The smallest absolute Gasteiger partial charge is 0.0619 e. The minimum atomic E-state index is -0.387. The van der Waals surface area contributed by atoms with Crippen LogP contribution in [0.3, 0.4) is 0 Å². The third-order valence-corrected chi connectivity index (χ3v) is 6.95. The summed E-state index contributed by atoms with van der Waals surface area (Å²) in [4.78, 5) is 0. The Kier molecular flexibility index (Phi) is 5.11. The second-order valence-electron chi connectivity index (χ2n) is 8.79. The first-order chi connectivity index (χ1) is 13.0. The molecule has 4 rings (SSSR count). The maximum atomic E-state index is 10.4. The van der Waals surface area contributed by atoms with Gasteiger partial charge in [-0.3, -0.25) is 0 Å². The number of benzene rings is 2. The molecule has 2 aromatic carbocycles. The first-order valence-electron chi connectivity index (χ1n) is 10.3. The SMILES string of the molecule is CC1(CCC2(NC(c3ccccc3)c3ccccc3)CC2)C(O)CCC1O. The molecule has 0 heterocycles. The Labute approximate surface area is 162 Å². The largest absolute Gasteiger partial charge is 0.392 e. The van der Waals surface area contributed by atoms with E-state index in [9.17, 15) is 10.2 Å². The summed E-state index contributed by atoms with van der Waals surface area (Å²) in [5.41, 5.74) is 2.30. The van der Waals surface area contributed by atoms with Gasteiger partial charge in [-0.2, -0.15) is 0 Å². The summed E-state index contributed by atoms with van der Waals surface area (Å²) < 4.78 is 0. The van der Waals surface area contributed by atoms with Gasteiger partial charge < -0.3 is 15.5 Å². The average molecular weight is 366 g/mol. The number of rotatable bonds is 7. The zero-order chi connectivity index (χ0) is 18.9. The van der Waals surface area contributed by atoms with Gasteiger partial charge in [0.05, 0.1) is 18.2 Å². The summed E-state index contributed by atoms with van der Waals surface area (Å²) in [6, 6.07) is 21.4. The van der Waals surface area contributed by atoms with Crippen LogP contribution in [0.1, 0.15) is 62.6 Å². The Morgan fingerprint density at radius 1 is 0.852 bits per heavy atom. The van der Waals surface area contributed by atoms with Gasteiger partial charge in [-0.25, -0.2) is 0 Å². The Morgan fingerprint density at radius 2 is 1.33 bits per heavy atom. The Balaban J connectivity index is 1.51. The number of hydrogen-bond acceptors (Lipinski definition) is 3. The first-order valence-corrected chi connectivity index (χ1v) is 10.3. The lowest BCUT2D eigenvalue weighted by Crippen LogP contribution is -2.40. The zero-order valence-corrected chi connectivity index (χ0v) is 16.1. The molecule has 0 aromatic heterocycles. The molecule has 2 aliphatic rings. The molecule has 2 aliphatic carbocycles. The van der Waals surface area contributed by atoms with Gasteiger partial charge in [-0.05, 0) is 49.7 Å². The van der Waals surface area contributed by atoms with Gasteiger partial charge >= 0.3 is 0 Å². The minimum absolute atomic E-state index is 0.112. The van der Waals surface area contributed by atoms with Crippen molar-refractivity contribution in [3.05, 3.63) is 71.8 Å². The van der Waals surface area contributed by atoms with Crippen LogP contribution in [0.5, 0.6) is 0 Å². The maximum Gasteiger partial charge on any atom is 0.0619 e. The third kappa shape index (κ3) is 3.82. The Bertz CT molecular complexity index is 692. The number of aliphatic hydroxyl groups is 2. The van der Waals surface area contributed by atoms with Crippen LogP contribution in [-0.4, -0.2) is 28.0 Å². The highest BCUT2D eigenvalue weighted by Gasteiger charge is 2.50. The monoisotopic (exact) mass is 365 g/mol. The summed E-state index contributed by atoms with van der Waals surface area (Å²) in [5.74, 6) is 0. The van der Waals surface area contributed by atoms with Crippen molar-refractivity contribution in [1.82, 2.24) is 5.32 Å². The van der Waals surface area contributed by atoms with Crippen molar-refractivity contribution < 1.29 is 10.2 Å². The second kappa shape index (κ2) is 7.38. The summed E-state index contributed by atoms with van der Waals surface area (Å²) in [7, 11) is 0. The van der Waals surface area contributed by atoms with Gasteiger partial charge in [0.25, 0.3) is 0 Å². The lowest BCUT2D eigenvalue weighted by Gasteiger charge is -2.34. The molecule has 0 bridgehead atoms. The molecular weight excluding hydrogens is 334 g/mol. The predicted octanol–water partition coefficient (Wildman–Crippen LogP) is 4.20. The molecule has 0 amide bonds. The fraction of sp³-hybridized carbons (Fsp3) is 0.500. The van der Waals surface area contributed by atoms with E-state index in [-0.39, 0.29) is 29.2 Å². The van der Waals surface area contributed by atoms with Crippen LogP contribution < -0.4 is 5.32 Å². The normalized spacial score (nSPS) is 29.2. The van der Waals surface area contributed by atoms with Gasteiger partial charge in [0.1, 0.15) is 0 Å². The highest BCUT2D eigenvalue weighted by molar-refractivity contribution is 5.32. The molecule has 0 spiro atoms. The molecule has 2 fully saturated rings. The van der Waals surface area contributed by atoms with Crippen LogP contribution in [0.4, 0.5) is 0 Å². The van der Waals surface area contributed by atoms with E-state index in [4.69, 9.17) is 0 Å². The van der Waals surface area contributed by atoms with Gasteiger partial charge in [0.15, 0.2) is 0 Å². The fourth-order valence-electron chi connectivity index (χ4n) is 4.61. The highest BCUT2D eigenvalue weighted by atomic mass is 16.3. The van der Waals surface area contributed by atoms with E-state index in [1.807, 2.05) is 0 Å². The lowest BCUT2D eigenvalue weighted by molar-refractivity contribution is -0.0198. The molecule has 2 saturated carbocycles. The van der Waals surface area contributed by atoms with E-state index < -0.39 is 0 Å². The molecule has 0 saturated heterocycles. The summed E-state index contributed by atoms with van der Waals surface area (Å²) >= 11 is 0. The van der Waals surface area contributed by atoms with Crippen molar-refractivity contribution in [2.24, 2.45) is 5.41 Å². The molecule has 2 unspecified atom stereocenters. The van der Waals surface area contributed by atoms with Crippen molar-refractivity contribution in [2.45, 2.75) is 69.2 Å². The number of nitrogens with one attached hydrogen (secondary N) is 1. The molecule has 3 nitrogen and oxygen atoms in total. The quantitative estimate of drug-likeness (QED) is 0.689. The maximum absolute atomic E-state index is 10.4. The van der Waals surface area contributed by atoms with Gasteiger partial charge in [0.2, 0.25) is 0 Å². The topological polar surface area (TPSA) is 52.5 Å². The summed E-state index contributed by atoms with van der Waals surface area (Å²) in [6.07, 6.45) is 4.83. The van der Waals surface area contributed by atoms with Crippen LogP contribution in [0.15, 0.2) is 60.7 Å². The van der Waals surface area contributed by atoms with Crippen LogP contribution in [0.2, 0.25) is 0 Å². The van der Waals surface area contributed by atoms with E-state index >= 15 is 0 Å². The van der Waals surface area contributed by atoms with Crippen LogP contribution >= 0.6 is 0 Å². The number of aliphatic hydroxyl groups excluding tert-OH is 2. The van der Waals surface area contributed by atoms with Crippen molar-refractivity contribution in [2.75, 3.05) is 0 Å². The fourth-order valence-corrected chi connectivity index (χ4v) is 4.61. The lowest BCUT2D eigenvalue weighted by atomic mass is 9.78. The number of hydrogen-bond donors (Lipinski definition) is 3. The van der Waals surface area contributed by atoms with Gasteiger partial charge in [-0.1, -0.05) is 67.6 Å². The van der Waals surface area contributed by atoms with E-state index in [1.165, 1.54) is 11.1 Å². The van der Waals surface area contributed by atoms with E-state index in [2.05, 4.69) is 72.9 Å². The van der Waals surface area contributed by atoms with E-state index in [0.29, 0.717) is 0 Å². The zero-order valence-electron chi connectivity index (χ0n) is 16.1. The molecular formula is C24H31NO2. The average Bonchev–Trinajstić information content (AvgIpc) is 3.44. The molecule has 27 heavy (non-hydrogen) atoms. The minimum Gasteiger partial charge on any atom is -0.392 e. The van der Waals surface area contributed by atoms with Crippen molar-refractivity contribution >= 4 is 0 Å². The standard InChI is InChI=1S/C24H31NO2/c1-23(20(26)12-13-21(23)27)14-15-24(16-17-24)25-22(18-8-4-2-5-9-18)19-10-6-3-7-11-19/h2-11,20-22,25-27H,12-17H2,1H3. The van der Waals surface area contributed by atoms with Crippen LogP contribution in [0.25, 0.3) is 0 Å². The molecule has 0 radical (unpaired) electrons. The van der Waals surface area contributed by atoms with Crippen molar-refractivity contribution in [3.8, 4) is 0 Å². The second-order valence-corrected chi connectivity index (χ2v) is 8.79. The van der Waals surface area contributed by atoms with Crippen molar-refractivity contribution in [3.63, 3.8) is 0 Å². The van der Waals surface area contributed by atoms with Crippen molar-refractivity contribution in [1.29, 1.82) is 0 Å². The highest BCUT2D eigenvalue weighted by Crippen LogP contribution is 2.49. The molecule has 2 atom stereocenters. The summed E-state index contributed by atoms with van der Waals surface area (Å²) in [6.45, 7) is 2.05. The molecule has 3 N–H and O–H groups in total.